The Bertz CT molecular complexity index is 1150. The molecule has 0 radical (unpaired) electrons. The number of nitrogens with zero attached hydrogens (tertiary/aromatic N) is 5. The van der Waals surface area contributed by atoms with E-state index in [1.807, 2.05) is 37.7 Å². The fraction of sp³-hybridized carbons (Fsp3) is 0.381. The smallest absolute Gasteiger partial charge is 0.292 e. The molecule has 2 aromatic heterocycles. The van der Waals surface area contributed by atoms with Gasteiger partial charge in [0.2, 0.25) is 0 Å². The van der Waals surface area contributed by atoms with Crippen LogP contribution in [0.4, 0.5) is 5.69 Å². The zero-order valence-corrected chi connectivity index (χ0v) is 18.4. The van der Waals surface area contributed by atoms with Crippen molar-refractivity contribution in [3.05, 3.63) is 67.3 Å². The minimum Gasteiger partial charge on any atom is -0.362 e. The Morgan fingerprint density at radius 2 is 1.93 bits per heavy atom. The maximum Gasteiger partial charge on any atom is 0.292 e. The Morgan fingerprint density at radius 1 is 1.17 bits per heavy atom. The zero-order chi connectivity index (χ0) is 20.9. The molecule has 3 aromatic rings. The first-order valence-electron chi connectivity index (χ1n) is 9.60. The molecule has 3 heterocycles. The van der Waals surface area contributed by atoms with E-state index in [4.69, 9.17) is 23.2 Å². The van der Waals surface area contributed by atoms with Gasteiger partial charge in [0.25, 0.3) is 5.56 Å². The first kappa shape index (κ1) is 20.0. The lowest BCUT2D eigenvalue weighted by atomic mass is 10.0. The first-order valence-corrected chi connectivity index (χ1v) is 10.4. The molecule has 4 rings (SSSR count). The lowest BCUT2D eigenvalue weighted by molar-refractivity contribution is 0.693. The molecule has 0 amide bonds. The molecule has 1 saturated heterocycles. The fourth-order valence-electron chi connectivity index (χ4n) is 4.15. The quantitative estimate of drug-likeness (QED) is 0.610. The normalized spacial score (nSPS) is 16.6. The van der Waals surface area contributed by atoms with Crippen LogP contribution in [0.1, 0.15) is 41.4 Å². The second-order valence-corrected chi connectivity index (χ2v) is 8.34. The van der Waals surface area contributed by atoms with E-state index in [1.54, 1.807) is 12.3 Å². The summed E-state index contributed by atoms with van der Waals surface area (Å²) < 4.78 is 3.20. The van der Waals surface area contributed by atoms with Crippen LogP contribution in [0.15, 0.2) is 29.2 Å². The van der Waals surface area contributed by atoms with Crippen molar-refractivity contribution in [2.75, 3.05) is 11.4 Å². The van der Waals surface area contributed by atoms with Gasteiger partial charge in [-0.05, 0) is 51.3 Å². The summed E-state index contributed by atoms with van der Waals surface area (Å²) >= 11 is 12.8. The summed E-state index contributed by atoms with van der Waals surface area (Å²) in [5.41, 5.74) is 5.19. The number of halogens is 2. The van der Waals surface area contributed by atoms with E-state index in [0.717, 1.165) is 36.3 Å². The number of benzene rings is 1. The molecule has 1 aliphatic heterocycles. The van der Waals surface area contributed by atoms with Crippen LogP contribution in [0.2, 0.25) is 10.0 Å². The largest absolute Gasteiger partial charge is 0.362 e. The fourth-order valence-corrected chi connectivity index (χ4v) is 4.56. The molecule has 0 spiro atoms. The minimum atomic E-state index is -0.352. The second-order valence-electron chi connectivity index (χ2n) is 7.55. The van der Waals surface area contributed by atoms with Gasteiger partial charge in [0.1, 0.15) is 5.02 Å². The molecule has 1 atom stereocenters. The Kier molecular flexibility index (Phi) is 5.17. The lowest BCUT2D eigenvalue weighted by Crippen LogP contribution is -2.29. The number of aryl methyl sites for hydroxylation is 3. The summed E-state index contributed by atoms with van der Waals surface area (Å²) in [6.07, 6.45) is 3.68. The van der Waals surface area contributed by atoms with E-state index in [1.165, 1.54) is 10.2 Å². The highest BCUT2D eigenvalue weighted by atomic mass is 35.5. The monoisotopic (exact) mass is 431 g/mol. The maximum atomic E-state index is 13.0. The van der Waals surface area contributed by atoms with Crippen LogP contribution in [0, 0.1) is 20.8 Å². The molecule has 0 saturated carbocycles. The van der Waals surface area contributed by atoms with E-state index in [9.17, 15) is 4.79 Å². The van der Waals surface area contributed by atoms with Crippen molar-refractivity contribution in [3.8, 4) is 5.69 Å². The van der Waals surface area contributed by atoms with Crippen molar-refractivity contribution in [3.63, 3.8) is 0 Å². The van der Waals surface area contributed by atoms with Crippen molar-refractivity contribution < 1.29 is 0 Å². The third-order valence-electron chi connectivity index (χ3n) is 5.76. The highest BCUT2D eigenvalue weighted by Gasteiger charge is 2.32. The van der Waals surface area contributed by atoms with Gasteiger partial charge in [0.15, 0.2) is 0 Å². The summed E-state index contributed by atoms with van der Waals surface area (Å²) in [5.74, 6) is 0. The van der Waals surface area contributed by atoms with E-state index in [0.29, 0.717) is 16.4 Å². The summed E-state index contributed by atoms with van der Waals surface area (Å²) in [6.45, 7) is 6.83. The molecule has 6 nitrogen and oxygen atoms in total. The van der Waals surface area contributed by atoms with E-state index >= 15 is 0 Å². The predicted octanol–water partition coefficient (Wildman–Crippen LogP) is 4.54. The van der Waals surface area contributed by atoms with Gasteiger partial charge in [-0.25, -0.2) is 0 Å². The molecule has 1 fully saturated rings. The van der Waals surface area contributed by atoms with Crippen molar-refractivity contribution in [2.45, 2.75) is 39.7 Å². The molecule has 0 aliphatic carbocycles. The second kappa shape index (κ2) is 7.50. The molecule has 1 aromatic carbocycles. The molecule has 1 aliphatic rings. The predicted molar refractivity (Wildman–Crippen MR) is 117 cm³/mol. The Morgan fingerprint density at radius 3 is 2.59 bits per heavy atom. The number of anilines is 1. The third-order valence-corrected chi connectivity index (χ3v) is 6.52. The molecule has 8 heteroatoms. The van der Waals surface area contributed by atoms with Gasteiger partial charge in [0, 0.05) is 29.9 Å². The van der Waals surface area contributed by atoms with Gasteiger partial charge in [0.05, 0.1) is 29.3 Å². The number of aromatic nitrogens is 4. The molecular weight excluding hydrogens is 409 g/mol. The summed E-state index contributed by atoms with van der Waals surface area (Å²) in [6, 6.07) is 5.53. The van der Waals surface area contributed by atoms with E-state index < -0.39 is 0 Å². The van der Waals surface area contributed by atoms with Gasteiger partial charge >= 0.3 is 0 Å². The summed E-state index contributed by atoms with van der Waals surface area (Å²) in [5, 5.41) is 9.71. The SMILES string of the molecule is Cc1ccc(-n2ncc(N3CCCC3c3c(C)nn(C)c3C)c(Cl)c2=O)cc1Cl. The van der Waals surface area contributed by atoms with Crippen molar-refractivity contribution in [1.29, 1.82) is 0 Å². The van der Waals surface area contributed by atoms with Crippen LogP contribution in [0.5, 0.6) is 0 Å². The molecule has 152 valence electrons. The minimum absolute atomic E-state index is 0.132. The molecule has 0 N–H and O–H groups in total. The number of hydrogen-bond acceptors (Lipinski definition) is 4. The van der Waals surface area contributed by atoms with E-state index in [-0.39, 0.29) is 16.6 Å². The van der Waals surface area contributed by atoms with E-state index in [2.05, 4.69) is 22.0 Å². The van der Waals surface area contributed by atoms with Gasteiger partial charge in [-0.3, -0.25) is 9.48 Å². The Hall–Kier alpha value is -2.31. The van der Waals surface area contributed by atoms with Crippen LogP contribution in [-0.4, -0.2) is 26.1 Å². The number of hydrogen-bond donors (Lipinski definition) is 0. The van der Waals surface area contributed by atoms with Gasteiger partial charge in [-0.15, -0.1) is 0 Å². The lowest BCUT2D eigenvalue weighted by Gasteiger charge is -2.28. The highest BCUT2D eigenvalue weighted by molar-refractivity contribution is 6.33. The third kappa shape index (κ3) is 3.34. The summed E-state index contributed by atoms with van der Waals surface area (Å²) in [4.78, 5) is 15.2. The Balaban J connectivity index is 1.76. The van der Waals surface area contributed by atoms with Crippen molar-refractivity contribution in [1.82, 2.24) is 19.6 Å². The molecule has 1 unspecified atom stereocenters. The van der Waals surface area contributed by atoms with Crippen molar-refractivity contribution in [2.24, 2.45) is 7.05 Å². The average Bonchev–Trinajstić information content (AvgIpc) is 3.24. The van der Waals surface area contributed by atoms with Crippen LogP contribution in [-0.2, 0) is 7.05 Å². The average molecular weight is 432 g/mol. The standard InChI is InChI=1S/C21H23Cl2N5O/c1-12-7-8-15(10-16(12)22)28-21(29)20(23)18(11-24-28)27-9-5-6-17(27)19-13(2)25-26(4)14(19)3/h7-8,10-11,17H,5-6,9H2,1-4H3. The highest BCUT2D eigenvalue weighted by Crippen LogP contribution is 2.40. The van der Waals surface area contributed by atoms with Crippen LogP contribution in [0.25, 0.3) is 5.69 Å². The van der Waals surface area contributed by atoms with Crippen molar-refractivity contribution >= 4 is 28.9 Å². The van der Waals surface area contributed by atoms with Crippen LogP contribution >= 0.6 is 23.2 Å². The molecule has 0 bridgehead atoms. The molecular formula is C21H23Cl2N5O. The molecule has 29 heavy (non-hydrogen) atoms. The first-order chi connectivity index (χ1) is 13.8. The van der Waals surface area contributed by atoms with Gasteiger partial charge < -0.3 is 4.90 Å². The maximum absolute atomic E-state index is 13.0. The topological polar surface area (TPSA) is 56.0 Å². The Labute approximate surface area is 179 Å². The van der Waals surface area contributed by atoms with Gasteiger partial charge in [-0.1, -0.05) is 29.3 Å². The van der Waals surface area contributed by atoms with Crippen LogP contribution < -0.4 is 10.5 Å². The zero-order valence-electron chi connectivity index (χ0n) is 16.9. The van der Waals surface area contributed by atoms with Crippen LogP contribution in [0.3, 0.4) is 0 Å². The summed E-state index contributed by atoms with van der Waals surface area (Å²) in [7, 11) is 1.95. The number of rotatable bonds is 3. The van der Waals surface area contributed by atoms with Gasteiger partial charge in [-0.2, -0.15) is 14.9 Å².